The van der Waals surface area contributed by atoms with Crippen LogP contribution in [0.3, 0.4) is 0 Å². The van der Waals surface area contributed by atoms with Crippen LogP contribution in [0.15, 0.2) is 29.4 Å². The van der Waals surface area contributed by atoms with E-state index in [0.717, 1.165) is 23.8 Å². The lowest BCUT2D eigenvalue weighted by Gasteiger charge is -2.09. The summed E-state index contributed by atoms with van der Waals surface area (Å²) in [6, 6.07) is 7.29. The number of carbonyl (C=O) groups is 2. The van der Waals surface area contributed by atoms with Gasteiger partial charge in [0.15, 0.2) is 5.16 Å². The van der Waals surface area contributed by atoms with Crippen molar-refractivity contribution in [1.29, 1.82) is 0 Å². The third-order valence-electron chi connectivity index (χ3n) is 5.01. The fraction of sp³-hybridized carbons (Fsp3) is 0.524. The smallest absolute Gasteiger partial charge is 0.338 e. The van der Waals surface area contributed by atoms with Crippen molar-refractivity contribution >= 4 is 29.3 Å². The monoisotopic (exact) mass is 414 g/mol. The first-order valence-electron chi connectivity index (χ1n) is 10.3. The number of ether oxygens (including phenoxy) is 1. The summed E-state index contributed by atoms with van der Waals surface area (Å²) in [4.78, 5) is 24.3. The van der Waals surface area contributed by atoms with Crippen LogP contribution >= 0.6 is 11.8 Å². The van der Waals surface area contributed by atoms with Crippen LogP contribution in [0.25, 0.3) is 0 Å². The van der Waals surface area contributed by atoms with E-state index in [2.05, 4.69) is 20.1 Å². The molecule has 0 atom stereocenters. The molecule has 2 fully saturated rings. The number of thioether (sulfide) groups is 1. The Bertz CT molecular complexity index is 873. The summed E-state index contributed by atoms with van der Waals surface area (Å²) in [5.74, 6) is 1.48. The normalized spacial score (nSPS) is 15.9. The summed E-state index contributed by atoms with van der Waals surface area (Å²) in [7, 11) is 0. The Balaban J connectivity index is 1.28. The van der Waals surface area contributed by atoms with Gasteiger partial charge in [0.25, 0.3) is 0 Å². The first kappa shape index (κ1) is 19.9. The fourth-order valence-electron chi connectivity index (χ4n) is 3.09. The van der Waals surface area contributed by atoms with Crippen molar-refractivity contribution in [3.05, 3.63) is 35.7 Å². The van der Waals surface area contributed by atoms with E-state index in [9.17, 15) is 9.59 Å². The molecule has 0 unspecified atom stereocenters. The van der Waals surface area contributed by atoms with E-state index in [-0.39, 0.29) is 17.6 Å². The molecule has 2 aromatic rings. The Morgan fingerprint density at radius 3 is 2.59 bits per heavy atom. The molecule has 29 heavy (non-hydrogen) atoms. The molecule has 0 spiro atoms. The fourth-order valence-corrected chi connectivity index (χ4v) is 3.90. The van der Waals surface area contributed by atoms with Crippen molar-refractivity contribution in [1.82, 2.24) is 14.8 Å². The molecule has 7 nitrogen and oxygen atoms in total. The molecule has 154 valence electrons. The van der Waals surface area contributed by atoms with Gasteiger partial charge in [-0.3, -0.25) is 4.79 Å². The molecular weight excluding hydrogens is 388 g/mol. The lowest BCUT2D eigenvalue weighted by molar-refractivity contribution is -0.113. The van der Waals surface area contributed by atoms with Crippen molar-refractivity contribution in [3.8, 4) is 0 Å². The average molecular weight is 415 g/mol. The Morgan fingerprint density at radius 2 is 1.93 bits per heavy atom. The van der Waals surface area contributed by atoms with E-state index in [1.807, 2.05) is 6.92 Å². The van der Waals surface area contributed by atoms with E-state index >= 15 is 0 Å². The van der Waals surface area contributed by atoms with E-state index in [1.165, 1.54) is 37.4 Å². The van der Waals surface area contributed by atoms with E-state index in [0.29, 0.717) is 29.8 Å². The summed E-state index contributed by atoms with van der Waals surface area (Å²) in [5.41, 5.74) is 1.14. The van der Waals surface area contributed by atoms with E-state index in [1.54, 1.807) is 24.3 Å². The summed E-state index contributed by atoms with van der Waals surface area (Å²) < 4.78 is 7.44. The molecule has 1 amide bonds. The second-order valence-electron chi connectivity index (χ2n) is 7.62. The van der Waals surface area contributed by atoms with Gasteiger partial charge in [-0.15, -0.1) is 10.2 Å². The zero-order valence-corrected chi connectivity index (χ0v) is 17.4. The van der Waals surface area contributed by atoms with Gasteiger partial charge in [0, 0.05) is 17.6 Å². The van der Waals surface area contributed by atoms with Crippen LogP contribution in [0.5, 0.6) is 0 Å². The number of esters is 1. The number of nitrogens with zero attached hydrogens (tertiary/aromatic N) is 3. The first-order chi connectivity index (χ1) is 14.2. The summed E-state index contributed by atoms with van der Waals surface area (Å²) in [6.45, 7) is 2.48. The van der Waals surface area contributed by atoms with Crippen LogP contribution in [0.4, 0.5) is 5.69 Å². The van der Waals surface area contributed by atoms with Gasteiger partial charge in [-0.25, -0.2) is 4.79 Å². The van der Waals surface area contributed by atoms with Crippen LogP contribution in [-0.2, 0) is 9.53 Å². The minimum atomic E-state index is -0.335. The highest BCUT2D eigenvalue weighted by Gasteiger charge is 2.36. The molecule has 0 saturated heterocycles. The number of benzene rings is 1. The molecule has 8 heteroatoms. The van der Waals surface area contributed by atoms with Crippen LogP contribution in [0, 0.1) is 0 Å². The maximum Gasteiger partial charge on any atom is 0.338 e. The van der Waals surface area contributed by atoms with Crippen molar-refractivity contribution in [3.63, 3.8) is 0 Å². The quantitative estimate of drug-likeness (QED) is 0.357. The predicted molar refractivity (Wildman–Crippen MR) is 111 cm³/mol. The number of nitrogens with one attached hydrogen (secondary N) is 1. The minimum Gasteiger partial charge on any atom is -0.462 e. The molecule has 0 bridgehead atoms. The molecule has 0 radical (unpaired) electrons. The molecule has 2 aliphatic rings. The Morgan fingerprint density at radius 1 is 1.17 bits per heavy atom. The van der Waals surface area contributed by atoms with Gasteiger partial charge in [-0.1, -0.05) is 25.1 Å². The lowest BCUT2D eigenvalue weighted by atomic mass is 10.2. The third-order valence-corrected chi connectivity index (χ3v) is 5.96. The predicted octanol–water partition coefficient (Wildman–Crippen LogP) is 4.18. The lowest BCUT2D eigenvalue weighted by Crippen LogP contribution is -2.15. The Hall–Kier alpha value is -2.35. The maximum atomic E-state index is 12.3. The first-order valence-corrected chi connectivity index (χ1v) is 11.3. The van der Waals surface area contributed by atoms with Crippen LogP contribution < -0.4 is 5.32 Å². The SMILES string of the molecule is CCCCOC(=O)c1ccc(NC(=O)CSc2nnc(C3CC3)n2C2CC2)cc1. The Kier molecular flexibility index (Phi) is 6.18. The molecular formula is C21H26N4O3S. The number of carbonyl (C=O) groups excluding carboxylic acids is 2. The van der Waals surface area contributed by atoms with Crippen molar-refractivity contribution in [2.75, 3.05) is 17.7 Å². The number of aromatic nitrogens is 3. The van der Waals surface area contributed by atoms with Gasteiger partial charge in [-0.05, 0) is 56.4 Å². The summed E-state index contributed by atoms with van der Waals surface area (Å²) in [5, 5.41) is 12.4. The van der Waals surface area contributed by atoms with Crippen LogP contribution in [0.2, 0.25) is 0 Å². The maximum absolute atomic E-state index is 12.3. The van der Waals surface area contributed by atoms with Gasteiger partial charge < -0.3 is 14.6 Å². The third kappa shape index (κ3) is 5.18. The van der Waals surface area contributed by atoms with Crippen molar-refractivity contribution in [2.24, 2.45) is 0 Å². The standard InChI is InChI=1S/C21H26N4O3S/c1-2-3-12-28-20(27)15-6-8-16(9-7-15)22-18(26)13-29-21-24-23-19(14-4-5-14)25(21)17-10-11-17/h6-9,14,17H,2-5,10-13H2,1H3,(H,22,26). The van der Waals surface area contributed by atoms with Gasteiger partial charge in [0.1, 0.15) is 5.82 Å². The van der Waals surface area contributed by atoms with Crippen LogP contribution in [-0.4, -0.2) is 39.0 Å². The zero-order valence-electron chi connectivity index (χ0n) is 16.6. The second-order valence-corrected chi connectivity index (χ2v) is 8.56. The van der Waals surface area contributed by atoms with Crippen LogP contribution in [0.1, 0.15) is 73.6 Å². The number of anilines is 1. The summed E-state index contributed by atoms with van der Waals surface area (Å²) >= 11 is 1.43. The molecule has 1 aromatic carbocycles. The molecule has 0 aliphatic heterocycles. The molecule has 2 saturated carbocycles. The second kappa shape index (κ2) is 8.98. The average Bonchev–Trinajstić information content (AvgIpc) is 3.66. The number of hydrogen-bond acceptors (Lipinski definition) is 6. The van der Waals surface area contributed by atoms with Gasteiger partial charge >= 0.3 is 5.97 Å². The van der Waals surface area contributed by atoms with Gasteiger partial charge in [0.05, 0.1) is 17.9 Å². The van der Waals surface area contributed by atoms with Crippen molar-refractivity contribution in [2.45, 2.75) is 62.6 Å². The largest absolute Gasteiger partial charge is 0.462 e. The topological polar surface area (TPSA) is 86.1 Å². The number of hydrogen-bond donors (Lipinski definition) is 1. The number of unbranched alkanes of at least 4 members (excludes halogenated alkanes) is 1. The highest BCUT2D eigenvalue weighted by molar-refractivity contribution is 7.99. The molecule has 1 aromatic heterocycles. The van der Waals surface area contributed by atoms with Crippen molar-refractivity contribution < 1.29 is 14.3 Å². The zero-order chi connectivity index (χ0) is 20.2. The molecule has 2 aliphatic carbocycles. The molecule has 4 rings (SSSR count). The highest BCUT2D eigenvalue weighted by Crippen LogP contribution is 2.45. The molecule has 1 heterocycles. The van der Waals surface area contributed by atoms with Gasteiger partial charge in [-0.2, -0.15) is 0 Å². The Labute approximate surface area is 174 Å². The highest BCUT2D eigenvalue weighted by atomic mass is 32.2. The van der Waals surface area contributed by atoms with E-state index in [4.69, 9.17) is 4.74 Å². The minimum absolute atomic E-state index is 0.105. The summed E-state index contributed by atoms with van der Waals surface area (Å²) in [6.07, 6.45) is 6.56. The number of rotatable bonds is 10. The number of amides is 1. The van der Waals surface area contributed by atoms with E-state index < -0.39 is 0 Å². The molecule has 1 N–H and O–H groups in total. The van der Waals surface area contributed by atoms with Gasteiger partial charge in [0.2, 0.25) is 5.91 Å².